The van der Waals surface area contributed by atoms with E-state index in [0.717, 1.165) is 16.6 Å². The van der Waals surface area contributed by atoms with Crippen molar-refractivity contribution in [3.63, 3.8) is 0 Å². The first-order valence-corrected chi connectivity index (χ1v) is 6.99. The first-order valence-electron chi connectivity index (χ1n) is 6.99. The molecule has 3 aromatic rings. The summed E-state index contributed by atoms with van der Waals surface area (Å²) in [7, 11) is 4.72. The maximum absolute atomic E-state index is 5.82. The third-order valence-electron chi connectivity index (χ3n) is 3.53. The second-order valence-corrected chi connectivity index (χ2v) is 4.92. The van der Waals surface area contributed by atoms with Gasteiger partial charge in [-0.1, -0.05) is 0 Å². The van der Waals surface area contributed by atoms with Gasteiger partial charge in [-0.2, -0.15) is 0 Å². The summed E-state index contributed by atoms with van der Waals surface area (Å²) in [5.74, 6) is 1.67. The third-order valence-corrected chi connectivity index (χ3v) is 3.53. The molecule has 0 amide bonds. The molecule has 6 nitrogen and oxygen atoms in total. The van der Waals surface area contributed by atoms with Crippen LogP contribution in [-0.2, 0) is 0 Å². The van der Waals surface area contributed by atoms with Gasteiger partial charge in [0.25, 0.3) is 0 Å². The number of methoxy groups -OCH3 is 3. The Balaban J connectivity index is 2.17. The number of nitrogen functional groups attached to an aromatic ring is 1. The lowest BCUT2D eigenvalue weighted by molar-refractivity contribution is 0.324. The Labute approximate surface area is 133 Å². The lowest BCUT2D eigenvalue weighted by Gasteiger charge is -2.14. The minimum absolute atomic E-state index is 0.539. The summed E-state index contributed by atoms with van der Waals surface area (Å²) < 4.78 is 16.1. The van der Waals surface area contributed by atoms with Crippen molar-refractivity contribution >= 4 is 16.7 Å². The van der Waals surface area contributed by atoms with Gasteiger partial charge in [-0.25, -0.2) is 4.98 Å². The lowest BCUT2D eigenvalue weighted by atomic mass is 10.1. The van der Waals surface area contributed by atoms with Crippen LogP contribution in [-0.4, -0.2) is 31.3 Å². The normalized spacial score (nSPS) is 10.6. The maximum Gasteiger partial charge on any atom is 0.203 e. The molecule has 0 aliphatic carbocycles. The maximum atomic E-state index is 5.82. The Morgan fingerprint density at radius 3 is 2.17 bits per heavy atom. The molecule has 0 fully saturated rings. The predicted molar refractivity (Wildman–Crippen MR) is 89.0 cm³/mol. The van der Waals surface area contributed by atoms with Crippen LogP contribution in [0.2, 0.25) is 0 Å². The summed E-state index contributed by atoms with van der Waals surface area (Å²) in [5, 5.41) is 0. The predicted octanol–water partition coefficient (Wildman–Crippen LogP) is 2.90. The second-order valence-electron chi connectivity index (χ2n) is 4.92. The Hall–Kier alpha value is -3.02. The molecule has 3 rings (SSSR count). The topological polar surface area (TPSA) is 79.5 Å². The smallest absolute Gasteiger partial charge is 0.203 e. The van der Waals surface area contributed by atoms with Gasteiger partial charge in [0, 0.05) is 11.3 Å². The molecule has 23 heavy (non-hydrogen) atoms. The van der Waals surface area contributed by atoms with Crippen LogP contribution in [0.5, 0.6) is 17.2 Å². The van der Waals surface area contributed by atoms with Crippen molar-refractivity contribution in [2.24, 2.45) is 0 Å². The second kappa shape index (κ2) is 6.00. The Morgan fingerprint density at radius 1 is 0.870 bits per heavy atom. The van der Waals surface area contributed by atoms with Crippen LogP contribution in [0.4, 0.5) is 5.69 Å². The van der Waals surface area contributed by atoms with E-state index in [0.29, 0.717) is 28.6 Å². The lowest BCUT2D eigenvalue weighted by Crippen LogP contribution is -1.97. The molecule has 0 unspecified atom stereocenters. The molecule has 0 bridgehead atoms. The van der Waals surface area contributed by atoms with Gasteiger partial charge in [-0.3, -0.25) is 4.98 Å². The highest BCUT2D eigenvalue weighted by atomic mass is 16.5. The summed E-state index contributed by atoms with van der Waals surface area (Å²) in [6.45, 7) is 0. The van der Waals surface area contributed by atoms with Crippen LogP contribution >= 0.6 is 0 Å². The molecule has 2 aromatic carbocycles. The van der Waals surface area contributed by atoms with E-state index in [4.69, 9.17) is 19.9 Å². The summed E-state index contributed by atoms with van der Waals surface area (Å²) in [6, 6.07) is 9.11. The van der Waals surface area contributed by atoms with Crippen LogP contribution < -0.4 is 19.9 Å². The fraction of sp³-hybridized carbons (Fsp3) is 0.176. The number of ether oxygens (including phenoxy) is 3. The number of nitrogens with two attached hydrogens (primary N) is 1. The minimum atomic E-state index is 0.539. The standard InChI is InChI=1S/C17H17N3O3/c1-21-15-6-10(7-16(22-2)17(15)23-3)14-9-19-12-5-4-11(18)8-13(12)20-14/h4-9H,18H2,1-3H3. The molecule has 0 aliphatic rings. The van der Waals surface area contributed by atoms with Crippen LogP contribution in [0.25, 0.3) is 22.3 Å². The molecule has 1 aromatic heterocycles. The molecule has 1 heterocycles. The van der Waals surface area contributed by atoms with Crippen LogP contribution in [0.3, 0.4) is 0 Å². The van der Waals surface area contributed by atoms with E-state index >= 15 is 0 Å². The van der Waals surface area contributed by atoms with E-state index in [1.807, 2.05) is 18.2 Å². The van der Waals surface area contributed by atoms with Gasteiger partial charge in [-0.05, 0) is 30.3 Å². The minimum Gasteiger partial charge on any atom is -0.493 e. The highest BCUT2D eigenvalue weighted by molar-refractivity contribution is 5.80. The van der Waals surface area contributed by atoms with Crippen LogP contribution in [0.1, 0.15) is 0 Å². The van der Waals surface area contributed by atoms with Crippen molar-refractivity contribution in [1.29, 1.82) is 0 Å². The molecule has 2 N–H and O–H groups in total. The Morgan fingerprint density at radius 2 is 1.57 bits per heavy atom. The fourth-order valence-corrected chi connectivity index (χ4v) is 2.40. The van der Waals surface area contributed by atoms with Gasteiger partial charge in [0.05, 0.1) is 44.3 Å². The van der Waals surface area contributed by atoms with E-state index in [1.165, 1.54) is 0 Å². The average molecular weight is 311 g/mol. The third kappa shape index (κ3) is 2.70. The van der Waals surface area contributed by atoms with Gasteiger partial charge in [0.1, 0.15) is 0 Å². The van der Waals surface area contributed by atoms with Crippen LogP contribution in [0.15, 0.2) is 36.5 Å². The monoisotopic (exact) mass is 311 g/mol. The molecule has 0 spiro atoms. The number of hydrogen-bond donors (Lipinski definition) is 1. The number of rotatable bonds is 4. The number of aromatic nitrogens is 2. The average Bonchev–Trinajstić information content (AvgIpc) is 2.59. The molecule has 118 valence electrons. The van der Waals surface area contributed by atoms with Crippen molar-refractivity contribution in [2.75, 3.05) is 27.1 Å². The number of benzene rings is 2. The van der Waals surface area contributed by atoms with Crippen molar-refractivity contribution < 1.29 is 14.2 Å². The van der Waals surface area contributed by atoms with Gasteiger partial charge >= 0.3 is 0 Å². The first kappa shape index (κ1) is 14.9. The number of nitrogens with zero attached hydrogens (tertiary/aromatic N) is 2. The molecule has 0 aliphatic heterocycles. The number of hydrogen-bond acceptors (Lipinski definition) is 6. The van der Waals surface area contributed by atoms with E-state index in [9.17, 15) is 0 Å². The molecule has 0 saturated heterocycles. The Kier molecular flexibility index (Phi) is 3.89. The highest BCUT2D eigenvalue weighted by Gasteiger charge is 2.15. The number of fused-ring (bicyclic) bond motifs is 1. The zero-order chi connectivity index (χ0) is 16.4. The molecular weight excluding hydrogens is 294 g/mol. The van der Waals surface area contributed by atoms with E-state index < -0.39 is 0 Å². The SMILES string of the molecule is COc1cc(-c2cnc3ccc(N)cc3n2)cc(OC)c1OC. The van der Waals surface area contributed by atoms with Gasteiger partial charge in [-0.15, -0.1) is 0 Å². The first-order chi connectivity index (χ1) is 11.2. The molecule has 0 radical (unpaired) electrons. The Bertz CT molecular complexity index is 840. The fourth-order valence-electron chi connectivity index (χ4n) is 2.40. The largest absolute Gasteiger partial charge is 0.493 e. The zero-order valence-corrected chi connectivity index (χ0v) is 13.2. The summed E-state index contributed by atoms with van der Waals surface area (Å²) in [5.41, 5.74) is 9.50. The van der Waals surface area contributed by atoms with E-state index in [-0.39, 0.29) is 0 Å². The van der Waals surface area contributed by atoms with Gasteiger partial charge < -0.3 is 19.9 Å². The van der Waals surface area contributed by atoms with Gasteiger partial charge in [0.15, 0.2) is 11.5 Å². The molecular formula is C17H17N3O3. The van der Waals surface area contributed by atoms with Crippen molar-refractivity contribution in [3.05, 3.63) is 36.5 Å². The quantitative estimate of drug-likeness (QED) is 0.746. The van der Waals surface area contributed by atoms with Crippen molar-refractivity contribution in [3.8, 4) is 28.5 Å². The summed E-state index contributed by atoms with van der Waals surface area (Å²) in [6.07, 6.45) is 1.71. The molecule has 0 atom stereocenters. The van der Waals surface area contributed by atoms with Crippen molar-refractivity contribution in [2.45, 2.75) is 0 Å². The van der Waals surface area contributed by atoms with E-state index in [2.05, 4.69) is 9.97 Å². The molecule has 0 saturated carbocycles. The zero-order valence-electron chi connectivity index (χ0n) is 13.2. The van der Waals surface area contributed by atoms with Gasteiger partial charge in [0.2, 0.25) is 5.75 Å². The summed E-state index contributed by atoms with van der Waals surface area (Å²) in [4.78, 5) is 9.04. The molecule has 6 heteroatoms. The van der Waals surface area contributed by atoms with E-state index in [1.54, 1.807) is 39.7 Å². The number of anilines is 1. The van der Waals surface area contributed by atoms with Crippen LogP contribution in [0, 0.1) is 0 Å². The summed E-state index contributed by atoms with van der Waals surface area (Å²) >= 11 is 0. The highest BCUT2D eigenvalue weighted by Crippen LogP contribution is 2.40. The van der Waals surface area contributed by atoms with Crippen molar-refractivity contribution in [1.82, 2.24) is 9.97 Å².